The molecule has 0 spiro atoms. The van der Waals surface area contributed by atoms with Crippen LogP contribution in [0.25, 0.3) is 0 Å². The van der Waals surface area contributed by atoms with Crippen LogP contribution in [-0.2, 0) is 57.2 Å². The lowest BCUT2D eigenvalue weighted by Crippen LogP contribution is -2.53. The third-order valence-corrected chi connectivity index (χ3v) is 15.3. The lowest BCUT2D eigenvalue weighted by atomic mass is 9.88. The average molecular weight is 1050 g/mol. The number of nitrogens with zero attached hydrogens (tertiary/aromatic N) is 3. The molecule has 0 saturated carbocycles. The van der Waals surface area contributed by atoms with Gasteiger partial charge in [-0.25, -0.2) is 0 Å². The normalized spacial score (nSPS) is 20.5. The van der Waals surface area contributed by atoms with Gasteiger partial charge in [-0.3, -0.25) is 28.8 Å². The van der Waals surface area contributed by atoms with Crippen molar-refractivity contribution >= 4 is 48.0 Å². The average Bonchev–Trinajstić information content (AvgIpc) is 4.07. The number of carboxylic acids is 1. The maximum atomic E-state index is 13.6. The van der Waals surface area contributed by atoms with Crippen LogP contribution in [0.5, 0.6) is 0 Å². The third kappa shape index (κ3) is 21.6. The van der Waals surface area contributed by atoms with E-state index in [0.717, 1.165) is 45.1 Å². The van der Waals surface area contributed by atoms with Crippen molar-refractivity contribution in [3.63, 3.8) is 0 Å². The fourth-order valence-electron chi connectivity index (χ4n) is 9.80. The minimum absolute atomic E-state index is 0. The molecule has 0 aliphatic carbocycles. The summed E-state index contributed by atoms with van der Waals surface area (Å²) in [7, 11) is 9.93. The lowest BCUT2D eigenvalue weighted by Gasteiger charge is -2.40. The van der Waals surface area contributed by atoms with Gasteiger partial charge in [0, 0.05) is 67.0 Å². The Bertz CT molecular complexity index is 1570. The third-order valence-electron chi connectivity index (χ3n) is 15.3. The first-order chi connectivity index (χ1) is 33.3. The first-order valence-electron chi connectivity index (χ1n) is 26.6. The zero-order valence-corrected chi connectivity index (χ0v) is 49.1. The van der Waals surface area contributed by atoms with Gasteiger partial charge in [-0.05, 0) is 83.6 Å². The molecule has 2 rings (SSSR count). The first-order valence-corrected chi connectivity index (χ1v) is 26.6. The Balaban J connectivity index is 0. The molecule has 2 heterocycles. The number of halogens is 1. The Morgan fingerprint density at radius 1 is 0.597 bits per heavy atom. The zero-order valence-electron chi connectivity index (χ0n) is 48.3. The minimum Gasteiger partial charge on any atom is -0.481 e. The van der Waals surface area contributed by atoms with Crippen LogP contribution in [0.2, 0.25) is 0 Å². The number of aliphatic carboxylic acids is 1. The SMILES string of the molecule is CCOC(=O)[C@H](C)[C@@H](OC)[C@@H]1CCCN1.CCOC(=O)[C@H](C)[C@@H](OC)[C@@H]1CCCN1C(=O)C[C@@H](OC)[C@H]([C@@H](C)CC)N(C)C(=O)[C@@H](C)C(C)C.CC[C@H](C)[C@@H]([C@@H](CC(=O)O)OC)N(C)C(=O)[C@@H](C)C(C)C.Cl. The van der Waals surface area contributed by atoms with Gasteiger partial charge >= 0.3 is 17.9 Å². The molecule has 14 atom stereocenters. The summed E-state index contributed by atoms with van der Waals surface area (Å²) in [5.41, 5.74) is 0. The highest BCUT2D eigenvalue weighted by atomic mass is 35.5. The number of hydrogen-bond acceptors (Lipinski definition) is 13. The van der Waals surface area contributed by atoms with Crippen molar-refractivity contribution in [2.24, 2.45) is 47.3 Å². The highest BCUT2D eigenvalue weighted by molar-refractivity contribution is 5.85. The highest BCUT2D eigenvalue weighted by Gasteiger charge is 2.43. The summed E-state index contributed by atoms with van der Waals surface area (Å²) in [6.45, 7) is 29.9. The van der Waals surface area contributed by atoms with Crippen molar-refractivity contribution in [3.05, 3.63) is 0 Å². The minimum atomic E-state index is -0.909. The molecule has 18 heteroatoms. The van der Waals surface area contributed by atoms with E-state index in [2.05, 4.69) is 19.2 Å². The number of carbonyl (C=O) groups excluding carboxylic acids is 5. The number of amides is 3. The van der Waals surface area contributed by atoms with Crippen LogP contribution in [0, 0.1) is 47.3 Å². The summed E-state index contributed by atoms with van der Waals surface area (Å²) in [4.78, 5) is 79.7. The van der Waals surface area contributed by atoms with Gasteiger partial charge in [-0.15, -0.1) is 12.4 Å². The van der Waals surface area contributed by atoms with Crippen LogP contribution in [0.4, 0.5) is 0 Å². The summed E-state index contributed by atoms with van der Waals surface area (Å²) in [5.74, 6) is -1.41. The number of methoxy groups -OCH3 is 4. The van der Waals surface area contributed by atoms with Gasteiger partial charge in [-0.1, -0.05) is 82.1 Å². The molecule has 0 bridgehead atoms. The number of likely N-dealkylation sites (tertiary alicyclic amines) is 1. The van der Waals surface area contributed by atoms with E-state index >= 15 is 0 Å². The van der Waals surface area contributed by atoms with Gasteiger partial charge < -0.3 is 53.5 Å². The molecule has 2 aliphatic rings. The van der Waals surface area contributed by atoms with Gasteiger partial charge in [0.15, 0.2) is 0 Å². The molecule has 2 N–H and O–H groups in total. The van der Waals surface area contributed by atoms with Crippen LogP contribution in [0.15, 0.2) is 0 Å². The molecule has 2 aliphatic heterocycles. The number of nitrogens with one attached hydrogen (secondary N) is 1. The molecule has 2 fully saturated rings. The monoisotopic (exact) mass is 1050 g/mol. The van der Waals surface area contributed by atoms with Gasteiger partial charge in [0.05, 0.1) is 80.4 Å². The predicted molar refractivity (Wildman–Crippen MR) is 285 cm³/mol. The topological polar surface area (TPSA) is 200 Å². The van der Waals surface area contributed by atoms with Crippen LogP contribution in [-0.4, -0.2) is 173 Å². The number of hydrogen-bond donors (Lipinski definition) is 2. The van der Waals surface area contributed by atoms with Crippen molar-refractivity contribution in [1.29, 1.82) is 0 Å². The lowest BCUT2D eigenvalue weighted by molar-refractivity contribution is -0.156. The standard InChI is InChI=1S/C27H50N2O6.C16H31NO4.C11H21NO3.ClH/c1-11-18(5)24(28(8)26(31)19(6)17(3)4)22(33-9)16-23(30)29-15-13-14-21(29)25(34-10)20(7)27(32)35-12-2;1-8-11(4)15(13(21-7)9-14(18)19)17(6)16(20)12(5)10(2)3;1-4-15-11(13)8(2)10(14-3)9-6-5-7-12-9;/h17-22,24-25H,11-16H2,1-10H3;10-13,15H,8-9H2,1-7H3,(H,18,19);8-10,12H,4-7H2,1-3H3;1H/t18-,19-,20+,21-,22+,24-,25+;11-,12-,13+,15-;8-,9+,10-;/m001./s1. The Kier molecular flexibility index (Phi) is 36.3. The van der Waals surface area contributed by atoms with Crippen LogP contribution in [0.3, 0.4) is 0 Å². The second-order valence-electron chi connectivity index (χ2n) is 20.5. The van der Waals surface area contributed by atoms with Crippen molar-refractivity contribution in [2.75, 3.05) is 68.8 Å². The highest BCUT2D eigenvalue weighted by Crippen LogP contribution is 2.31. The number of carbonyl (C=O) groups is 6. The Morgan fingerprint density at radius 2 is 1.01 bits per heavy atom. The maximum Gasteiger partial charge on any atom is 0.311 e. The van der Waals surface area contributed by atoms with Crippen molar-refractivity contribution in [3.8, 4) is 0 Å². The van der Waals surface area contributed by atoms with Crippen LogP contribution >= 0.6 is 12.4 Å². The predicted octanol–water partition coefficient (Wildman–Crippen LogP) is 7.78. The van der Waals surface area contributed by atoms with E-state index in [9.17, 15) is 28.8 Å². The molecule has 424 valence electrons. The number of esters is 2. The van der Waals surface area contributed by atoms with Crippen molar-refractivity contribution in [1.82, 2.24) is 20.0 Å². The first kappa shape index (κ1) is 71.0. The zero-order chi connectivity index (χ0) is 54.9. The van der Waals surface area contributed by atoms with E-state index < -0.39 is 30.2 Å². The maximum absolute atomic E-state index is 13.6. The fourth-order valence-corrected chi connectivity index (χ4v) is 9.80. The summed E-state index contributed by atoms with van der Waals surface area (Å²) in [6, 6.07) is -0.369. The molecule has 3 amide bonds. The van der Waals surface area contributed by atoms with E-state index in [1.807, 2.05) is 81.2 Å². The van der Waals surface area contributed by atoms with E-state index in [1.54, 1.807) is 52.0 Å². The smallest absolute Gasteiger partial charge is 0.311 e. The Hall–Kier alpha value is -3.09. The molecule has 0 aromatic rings. The molecule has 2 saturated heterocycles. The number of ether oxygens (including phenoxy) is 6. The number of rotatable bonds is 28. The van der Waals surface area contributed by atoms with Crippen LogP contribution < -0.4 is 5.32 Å². The van der Waals surface area contributed by atoms with Crippen molar-refractivity contribution in [2.45, 2.75) is 197 Å². The van der Waals surface area contributed by atoms with E-state index in [-0.39, 0.29) is 127 Å². The van der Waals surface area contributed by atoms with Gasteiger partial charge in [-0.2, -0.15) is 0 Å². The second-order valence-corrected chi connectivity index (χ2v) is 20.5. The quantitative estimate of drug-likeness (QED) is 0.0720. The van der Waals surface area contributed by atoms with Crippen molar-refractivity contribution < 1.29 is 62.3 Å². The molecule has 0 aromatic carbocycles. The molecule has 0 unspecified atom stereocenters. The number of carboxylic acid groups (broad SMARTS) is 1. The van der Waals surface area contributed by atoms with E-state index in [4.69, 9.17) is 33.5 Å². The van der Waals surface area contributed by atoms with Gasteiger partial charge in [0.1, 0.15) is 0 Å². The number of likely N-dealkylation sites (N-methyl/N-ethyl adjacent to an activating group) is 2. The molecule has 0 aromatic heterocycles. The molecule has 72 heavy (non-hydrogen) atoms. The second kappa shape index (κ2) is 36.8. The van der Waals surface area contributed by atoms with Gasteiger partial charge in [0.2, 0.25) is 17.7 Å². The Morgan fingerprint density at radius 3 is 1.35 bits per heavy atom. The molecule has 17 nitrogen and oxygen atoms in total. The summed E-state index contributed by atoms with van der Waals surface area (Å²) in [5, 5.41) is 12.4. The van der Waals surface area contributed by atoms with E-state index in [1.165, 1.54) is 7.11 Å². The summed E-state index contributed by atoms with van der Waals surface area (Å²) in [6.07, 6.45) is 4.18. The Labute approximate surface area is 442 Å². The molecular formula is C54H103ClN4O13. The fraction of sp³-hybridized carbons (Fsp3) is 0.889. The molecular weight excluding hydrogens is 948 g/mol. The van der Waals surface area contributed by atoms with Crippen LogP contribution in [0.1, 0.15) is 148 Å². The molecule has 0 radical (unpaired) electrons. The van der Waals surface area contributed by atoms with Gasteiger partial charge in [0.25, 0.3) is 0 Å². The summed E-state index contributed by atoms with van der Waals surface area (Å²) < 4.78 is 32.6. The summed E-state index contributed by atoms with van der Waals surface area (Å²) >= 11 is 0. The largest absolute Gasteiger partial charge is 0.481 e. The van der Waals surface area contributed by atoms with E-state index in [0.29, 0.717) is 19.8 Å².